The van der Waals surface area contributed by atoms with Gasteiger partial charge in [-0.3, -0.25) is 19.7 Å². The minimum atomic E-state index is 0.492. The first kappa shape index (κ1) is 75.2. The predicted octanol–water partition coefficient (Wildman–Crippen LogP) is 10.3. The maximum absolute atomic E-state index is 9.77. The van der Waals surface area contributed by atoms with Gasteiger partial charge in [-0.05, 0) is 151 Å². The first-order chi connectivity index (χ1) is 58.0. The number of likely N-dealkylation sites (N-methyl/N-ethyl adjacent to an activating group) is 1. The molecule has 594 valence electrons. The molecule has 12 aliphatic rings. The molecule has 0 amide bonds. The van der Waals surface area contributed by atoms with Crippen molar-refractivity contribution in [3.63, 3.8) is 0 Å². The Balaban J connectivity index is 0.000000118. The lowest BCUT2D eigenvalue weighted by Crippen LogP contribution is -2.68. The van der Waals surface area contributed by atoms with Crippen molar-refractivity contribution in [2.45, 2.75) is 94.4 Å². The maximum atomic E-state index is 9.77. The monoisotopic (exact) mass is 1570 g/mol. The van der Waals surface area contributed by atoms with Gasteiger partial charge in [0.15, 0.2) is 0 Å². The summed E-state index contributed by atoms with van der Waals surface area (Å²) in [7, 11) is 7.06. The van der Waals surface area contributed by atoms with Gasteiger partial charge in [0.1, 0.15) is 35.7 Å². The smallest absolute Gasteiger partial charge is 0.212 e. The van der Waals surface area contributed by atoms with Crippen molar-refractivity contribution in [3.8, 4) is 69.4 Å². The molecule has 9 saturated heterocycles. The molecule has 9 fully saturated rings. The van der Waals surface area contributed by atoms with Crippen LogP contribution in [0.4, 0.5) is 17.5 Å². The largest absolute Gasteiger partial charge is 0.481 e. The van der Waals surface area contributed by atoms with Crippen LogP contribution in [0.15, 0.2) is 178 Å². The number of aromatic nitrogens is 13. The standard InChI is InChI=1S/C31H32N8O.C30H30N8O.C29H29N9O/c1-36-9-7-22(8-10-36)24-11-28(31-25(13-32)16-35-39(31)18-24)23-4-5-29(33-15-23)37-19-26-12-27(20-37)38(26)17-21-3-6-30(40-2)34-14-21;1-39-29-5-2-20(13-34-29)16-37-25-11-26(37)19-36(18-25)28-4-3-22(14-33-28)27-10-23(21-6-8-32-9-7-21)17-38-30(27)24(12-31)15-35-38;1-39-28-3-2-19(11-34-28)15-37-23-9-24(37)18-36(17-23)27-14-32-26(13-33-27)25-8-21(20-4-6-31-7-5-20)16-38-29(25)22(10-30)12-35-38/h3-7,11,14-16,18,26-27H,8-10,12,17,19-20H2,1-2H3;2-6,10,13-15,17,25-26,32H,7-9,11,16,18-19H2,1H3;2-4,8,11-14,16,23-24,31H,5-7,9,15,17-18H2,1H3. The van der Waals surface area contributed by atoms with E-state index >= 15 is 0 Å². The van der Waals surface area contributed by atoms with E-state index in [9.17, 15) is 15.8 Å². The number of fused-ring (bicyclic) bond motifs is 9. The van der Waals surface area contributed by atoms with Gasteiger partial charge in [-0.25, -0.2) is 43.5 Å². The summed E-state index contributed by atoms with van der Waals surface area (Å²) in [5, 5.41) is 49.4. The van der Waals surface area contributed by atoms with E-state index in [1.165, 1.54) is 52.7 Å². The van der Waals surface area contributed by atoms with Gasteiger partial charge < -0.3 is 44.4 Å². The highest BCUT2D eigenvalue weighted by molar-refractivity contribution is 5.89. The van der Waals surface area contributed by atoms with Crippen LogP contribution >= 0.6 is 0 Å². The van der Waals surface area contributed by atoms with Crippen LogP contribution in [0.3, 0.4) is 0 Å². The van der Waals surface area contributed by atoms with Gasteiger partial charge in [-0.1, -0.05) is 36.4 Å². The van der Waals surface area contributed by atoms with E-state index in [1.54, 1.807) is 44.4 Å². The molecular formula is C90H91N25O3. The number of pyridine rings is 8. The van der Waals surface area contributed by atoms with Crippen LogP contribution in [0.5, 0.6) is 17.6 Å². The van der Waals surface area contributed by atoms with Crippen molar-refractivity contribution >= 4 is 50.7 Å². The number of anilines is 3. The molecule has 6 atom stereocenters. The molecule has 28 nitrogen and oxygen atoms in total. The highest BCUT2D eigenvalue weighted by Gasteiger charge is 2.47. The molecule has 6 bridgehead atoms. The summed E-state index contributed by atoms with van der Waals surface area (Å²) in [5.41, 5.74) is 20.6. The molecule has 0 spiro atoms. The summed E-state index contributed by atoms with van der Waals surface area (Å²) in [6, 6.07) is 37.1. The number of nitriles is 3. The van der Waals surface area contributed by atoms with Gasteiger partial charge in [0.05, 0.1) is 91.2 Å². The molecule has 118 heavy (non-hydrogen) atoms. The minimum Gasteiger partial charge on any atom is -0.481 e. The molecule has 24 rings (SSSR count). The van der Waals surface area contributed by atoms with Crippen LogP contribution < -0.4 is 39.5 Å². The van der Waals surface area contributed by atoms with E-state index in [-0.39, 0.29) is 0 Å². The lowest BCUT2D eigenvalue weighted by Gasteiger charge is -2.56. The molecule has 12 aromatic rings. The quantitative estimate of drug-likeness (QED) is 0.0807. The van der Waals surface area contributed by atoms with Crippen LogP contribution in [-0.4, -0.2) is 226 Å². The topological polar surface area (TPSA) is 288 Å². The molecular weight excluding hydrogens is 1480 g/mol. The van der Waals surface area contributed by atoms with E-state index in [2.05, 4.69) is 179 Å². The second-order valence-electron chi connectivity index (χ2n) is 32.0. The first-order valence-electron chi connectivity index (χ1n) is 40.7. The van der Waals surface area contributed by atoms with Crippen molar-refractivity contribution < 1.29 is 14.2 Å². The van der Waals surface area contributed by atoms with Crippen molar-refractivity contribution in [1.82, 2.24) is 94.0 Å². The number of ether oxygens (including phenoxy) is 3. The van der Waals surface area contributed by atoms with Gasteiger partial charge in [0.2, 0.25) is 17.6 Å². The second kappa shape index (κ2) is 32.7. The first-order valence-corrected chi connectivity index (χ1v) is 40.7. The van der Waals surface area contributed by atoms with Gasteiger partial charge >= 0.3 is 0 Å². The number of rotatable bonds is 18. The van der Waals surface area contributed by atoms with Gasteiger partial charge in [-0.2, -0.15) is 31.1 Å². The fourth-order valence-corrected chi connectivity index (χ4v) is 18.6. The molecule has 2 N–H and O–H groups in total. The van der Waals surface area contributed by atoms with Crippen LogP contribution in [-0.2, 0) is 19.6 Å². The van der Waals surface area contributed by atoms with E-state index in [1.807, 2.05) is 89.2 Å². The fraction of sp³-hybridized carbons (Fsp3) is 0.344. The molecule has 0 radical (unpaired) electrons. The Morgan fingerprint density at radius 3 is 1.12 bits per heavy atom. The lowest BCUT2D eigenvalue weighted by atomic mass is 9.87. The van der Waals surface area contributed by atoms with Crippen molar-refractivity contribution in [2.24, 2.45) is 0 Å². The molecule has 0 aromatic carbocycles. The second-order valence-corrected chi connectivity index (χ2v) is 32.0. The van der Waals surface area contributed by atoms with Crippen LogP contribution in [0.2, 0.25) is 0 Å². The Morgan fingerprint density at radius 1 is 0.398 bits per heavy atom. The summed E-state index contributed by atoms with van der Waals surface area (Å²) in [6.07, 6.45) is 37.7. The number of nitrogens with zero attached hydrogens (tertiary/aromatic N) is 23. The van der Waals surface area contributed by atoms with Crippen LogP contribution in [0, 0.1) is 34.0 Å². The zero-order valence-electron chi connectivity index (χ0n) is 66.6. The third-order valence-electron chi connectivity index (χ3n) is 25.0. The maximum Gasteiger partial charge on any atom is 0.212 e. The highest BCUT2D eigenvalue weighted by Crippen LogP contribution is 2.42. The Kier molecular flexibility index (Phi) is 20.8. The third kappa shape index (κ3) is 15.0. The lowest BCUT2D eigenvalue weighted by molar-refractivity contribution is -0.00880. The van der Waals surface area contributed by atoms with E-state index in [0.29, 0.717) is 70.6 Å². The van der Waals surface area contributed by atoms with Gasteiger partial charge in [0.25, 0.3) is 0 Å². The average molecular weight is 1570 g/mol. The number of piperidine rings is 3. The average Bonchev–Trinajstić information content (AvgIpc) is 0.877. The molecule has 6 unspecified atom stereocenters. The molecule has 12 aliphatic heterocycles. The minimum absolute atomic E-state index is 0.492. The number of piperazine rings is 3. The molecule has 28 heteroatoms. The third-order valence-corrected chi connectivity index (χ3v) is 25.0. The SMILES string of the molecule is COc1ccc(CN2C3CC2CN(c2ccc(-c4cc(C5=CCN(C)CC5)cn5ncc(C#N)c45)cn2)C3)cn1.COc1ccc(CN2C3CC2CN(c2ccc(-c4cc(C5=CCNCC5)cn5ncc(C#N)c45)cn2)C3)cn1.COc1ccc(CN2C3CC2CN(c2cnc(-c4cc(C5=CCNCC5)cn5ncc(C#N)c45)cn2)C3)cn1. The summed E-state index contributed by atoms with van der Waals surface area (Å²) in [6.45, 7) is 14.1. The Morgan fingerprint density at radius 2 is 0.788 bits per heavy atom. The summed E-state index contributed by atoms with van der Waals surface area (Å²) in [4.78, 5) is 49.7. The molecule has 0 saturated carbocycles. The molecule has 12 aromatic heterocycles. The van der Waals surface area contributed by atoms with Crippen LogP contribution in [0.25, 0.3) is 66.8 Å². The normalized spacial score (nSPS) is 20.9. The van der Waals surface area contributed by atoms with Crippen molar-refractivity contribution in [2.75, 3.05) is 122 Å². The van der Waals surface area contributed by atoms with Crippen molar-refractivity contribution in [3.05, 3.63) is 228 Å². The Bertz CT molecular complexity index is 5660. The van der Waals surface area contributed by atoms with E-state index in [0.717, 1.165) is 202 Å². The number of hydrogen-bond donors (Lipinski definition) is 2. The fourth-order valence-electron chi connectivity index (χ4n) is 18.6. The number of nitrogens with one attached hydrogen (secondary N) is 2. The van der Waals surface area contributed by atoms with Crippen LogP contribution in [0.1, 0.15) is 88.6 Å². The Labute approximate surface area is 684 Å². The summed E-state index contributed by atoms with van der Waals surface area (Å²) >= 11 is 0. The zero-order chi connectivity index (χ0) is 79.9. The van der Waals surface area contributed by atoms with Gasteiger partial charge in [-0.15, -0.1) is 0 Å². The summed E-state index contributed by atoms with van der Waals surface area (Å²) < 4.78 is 21.1. The van der Waals surface area contributed by atoms with E-state index in [4.69, 9.17) is 34.1 Å². The van der Waals surface area contributed by atoms with E-state index < -0.39 is 0 Å². The zero-order valence-corrected chi connectivity index (χ0v) is 66.6. The molecule has 0 aliphatic carbocycles. The number of methoxy groups -OCH3 is 3. The van der Waals surface area contributed by atoms with Crippen molar-refractivity contribution in [1.29, 1.82) is 15.8 Å². The highest BCUT2D eigenvalue weighted by atomic mass is 16.5. The van der Waals surface area contributed by atoms with Gasteiger partial charge in [0, 0.05) is 217 Å². The Hall–Kier alpha value is -12.9. The predicted molar refractivity (Wildman–Crippen MR) is 450 cm³/mol. The summed E-state index contributed by atoms with van der Waals surface area (Å²) in [5.74, 6) is 4.84. The molecule has 24 heterocycles. The number of hydrogen-bond acceptors (Lipinski definition) is 25.